The van der Waals surface area contributed by atoms with Gasteiger partial charge in [-0.3, -0.25) is 0 Å². The Morgan fingerprint density at radius 2 is 1.83 bits per heavy atom. The highest BCUT2D eigenvalue weighted by molar-refractivity contribution is 5.54. The third-order valence-electron chi connectivity index (χ3n) is 3.20. The lowest BCUT2D eigenvalue weighted by Crippen LogP contribution is -2.27. The van der Waals surface area contributed by atoms with Crippen LogP contribution >= 0.6 is 0 Å². The second-order valence-electron chi connectivity index (χ2n) is 4.69. The number of anilines is 1. The van der Waals surface area contributed by atoms with Gasteiger partial charge >= 0.3 is 0 Å². The SMILES string of the molecule is COc1ccc(NCC(CN)C(C)C)cc1OC. The Hall–Kier alpha value is -1.42. The highest BCUT2D eigenvalue weighted by Crippen LogP contribution is 2.29. The summed E-state index contributed by atoms with van der Waals surface area (Å²) in [6.07, 6.45) is 0. The molecule has 3 N–H and O–H groups in total. The normalized spacial score (nSPS) is 12.3. The molecule has 0 heterocycles. The van der Waals surface area contributed by atoms with Crippen molar-refractivity contribution in [2.45, 2.75) is 13.8 Å². The van der Waals surface area contributed by atoms with Crippen molar-refractivity contribution in [3.05, 3.63) is 18.2 Å². The maximum Gasteiger partial charge on any atom is 0.162 e. The van der Waals surface area contributed by atoms with Gasteiger partial charge in [0.05, 0.1) is 14.2 Å². The van der Waals surface area contributed by atoms with Crippen molar-refractivity contribution in [2.24, 2.45) is 17.6 Å². The number of hydrogen-bond acceptors (Lipinski definition) is 4. The van der Waals surface area contributed by atoms with E-state index in [-0.39, 0.29) is 0 Å². The van der Waals surface area contributed by atoms with Crippen molar-refractivity contribution >= 4 is 5.69 Å². The van der Waals surface area contributed by atoms with Gasteiger partial charge in [-0.25, -0.2) is 0 Å². The summed E-state index contributed by atoms with van der Waals surface area (Å²) in [6.45, 7) is 5.93. The molecule has 0 amide bonds. The van der Waals surface area contributed by atoms with E-state index in [1.54, 1.807) is 14.2 Å². The molecule has 0 fully saturated rings. The zero-order valence-corrected chi connectivity index (χ0v) is 11.7. The fourth-order valence-electron chi connectivity index (χ4n) is 1.79. The number of nitrogens with one attached hydrogen (secondary N) is 1. The summed E-state index contributed by atoms with van der Waals surface area (Å²) in [5.74, 6) is 2.51. The number of nitrogens with two attached hydrogens (primary N) is 1. The van der Waals surface area contributed by atoms with E-state index in [1.807, 2.05) is 18.2 Å². The zero-order chi connectivity index (χ0) is 13.5. The number of ether oxygens (including phenoxy) is 2. The molecule has 0 aliphatic carbocycles. The second-order valence-corrected chi connectivity index (χ2v) is 4.69. The van der Waals surface area contributed by atoms with Crippen LogP contribution in [0.1, 0.15) is 13.8 Å². The van der Waals surface area contributed by atoms with E-state index >= 15 is 0 Å². The Morgan fingerprint density at radius 1 is 1.17 bits per heavy atom. The van der Waals surface area contributed by atoms with Crippen molar-refractivity contribution in [1.29, 1.82) is 0 Å². The quantitative estimate of drug-likeness (QED) is 0.782. The van der Waals surface area contributed by atoms with Crippen molar-refractivity contribution in [1.82, 2.24) is 0 Å². The summed E-state index contributed by atoms with van der Waals surface area (Å²) in [6, 6.07) is 5.82. The molecule has 18 heavy (non-hydrogen) atoms. The molecule has 0 saturated heterocycles. The van der Waals surface area contributed by atoms with Crippen LogP contribution in [0.5, 0.6) is 11.5 Å². The van der Waals surface area contributed by atoms with Crippen LogP contribution < -0.4 is 20.5 Å². The Morgan fingerprint density at radius 3 is 2.33 bits per heavy atom. The minimum atomic E-state index is 0.470. The third-order valence-corrected chi connectivity index (χ3v) is 3.20. The van der Waals surface area contributed by atoms with Gasteiger partial charge in [0.2, 0.25) is 0 Å². The fraction of sp³-hybridized carbons (Fsp3) is 0.571. The van der Waals surface area contributed by atoms with Gasteiger partial charge in [0.1, 0.15) is 0 Å². The maximum absolute atomic E-state index is 5.75. The van der Waals surface area contributed by atoms with E-state index in [0.717, 1.165) is 23.7 Å². The molecular formula is C14H24N2O2. The highest BCUT2D eigenvalue weighted by atomic mass is 16.5. The minimum absolute atomic E-state index is 0.470. The average molecular weight is 252 g/mol. The van der Waals surface area contributed by atoms with Crippen LogP contribution in [0.3, 0.4) is 0 Å². The third kappa shape index (κ3) is 3.81. The molecule has 1 unspecified atom stereocenters. The summed E-state index contributed by atoms with van der Waals surface area (Å²) in [4.78, 5) is 0. The lowest BCUT2D eigenvalue weighted by atomic mass is 9.96. The molecule has 4 nitrogen and oxygen atoms in total. The molecule has 1 rings (SSSR count). The molecule has 1 aromatic rings. The summed E-state index contributed by atoms with van der Waals surface area (Å²) in [5, 5.41) is 3.39. The Balaban J connectivity index is 2.67. The largest absolute Gasteiger partial charge is 0.493 e. The Labute approximate surface area is 109 Å². The van der Waals surface area contributed by atoms with Crippen LogP contribution in [0.15, 0.2) is 18.2 Å². The molecule has 0 aliphatic heterocycles. The molecule has 1 aromatic carbocycles. The first kappa shape index (κ1) is 14.6. The molecule has 0 aromatic heterocycles. The van der Waals surface area contributed by atoms with Crippen molar-refractivity contribution in [2.75, 3.05) is 32.6 Å². The van der Waals surface area contributed by atoms with Crippen molar-refractivity contribution in [3.63, 3.8) is 0 Å². The fourth-order valence-corrected chi connectivity index (χ4v) is 1.79. The van der Waals surface area contributed by atoms with Gasteiger partial charge in [-0.2, -0.15) is 0 Å². The monoisotopic (exact) mass is 252 g/mol. The predicted molar refractivity (Wildman–Crippen MR) is 75.4 cm³/mol. The smallest absolute Gasteiger partial charge is 0.162 e. The molecule has 0 spiro atoms. The first-order chi connectivity index (χ1) is 8.62. The first-order valence-electron chi connectivity index (χ1n) is 6.28. The Kier molecular flexibility index (Phi) is 5.78. The molecule has 0 saturated carbocycles. The lowest BCUT2D eigenvalue weighted by Gasteiger charge is -2.20. The topological polar surface area (TPSA) is 56.5 Å². The highest BCUT2D eigenvalue weighted by Gasteiger charge is 2.11. The van der Waals surface area contributed by atoms with Gasteiger partial charge in [0.25, 0.3) is 0 Å². The van der Waals surface area contributed by atoms with Crippen LogP contribution in [0, 0.1) is 11.8 Å². The first-order valence-corrected chi connectivity index (χ1v) is 6.28. The minimum Gasteiger partial charge on any atom is -0.493 e. The predicted octanol–water partition coefficient (Wildman–Crippen LogP) is 2.35. The number of benzene rings is 1. The molecule has 0 radical (unpaired) electrons. The van der Waals surface area contributed by atoms with Gasteiger partial charge in [-0.05, 0) is 30.5 Å². The molecule has 4 heteroatoms. The van der Waals surface area contributed by atoms with E-state index in [2.05, 4.69) is 19.2 Å². The lowest BCUT2D eigenvalue weighted by molar-refractivity contribution is 0.355. The Bertz CT molecular complexity index is 367. The average Bonchev–Trinajstić information content (AvgIpc) is 2.38. The summed E-state index contributed by atoms with van der Waals surface area (Å²) >= 11 is 0. The molecule has 0 bridgehead atoms. The van der Waals surface area contributed by atoms with E-state index in [9.17, 15) is 0 Å². The van der Waals surface area contributed by atoms with E-state index in [0.29, 0.717) is 18.4 Å². The van der Waals surface area contributed by atoms with Gasteiger partial charge in [0.15, 0.2) is 11.5 Å². The second kappa shape index (κ2) is 7.11. The molecular weight excluding hydrogens is 228 g/mol. The van der Waals surface area contributed by atoms with Crippen molar-refractivity contribution < 1.29 is 9.47 Å². The van der Waals surface area contributed by atoms with Crippen LogP contribution in [0.4, 0.5) is 5.69 Å². The molecule has 102 valence electrons. The summed E-state index contributed by atoms with van der Waals surface area (Å²) in [5.41, 5.74) is 6.78. The van der Waals surface area contributed by atoms with Gasteiger partial charge in [0, 0.05) is 18.3 Å². The van der Waals surface area contributed by atoms with Gasteiger partial charge in [-0.15, -0.1) is 0 Å². The van der Waals surface area contributed by atoms with E-state index < -0.39 is 0 Å². The van der Waals surface area contributed by atoms with Crippen LogP contribution in [-0.4, -0.2) is 27.3 Å². The molecule has 1 atom stereocenters. The summed E-state index contributed by atoms with van der Waals surface area (Å²) < 4.78 is 10.5. The number of methoxy groups -OCH3 is 2. The molecule has 0 aliphatic rings. The zero-order valence-electron chi connectivity index (χ0n) is 11.7. The van der Waals surface area contributed by atoms with Crippen LogP contribution in [-0.2, 0) is 0 Å². The van der Waals surface area contributed by atoms with E-state index in [1.165, 1.54) is 0 Å². The van der Waals surface area contributed by atoms with Gasteiger partial charge < -0.3 is 20.5 Å². The van der Waals surface area contributed by atoms with E-state index in [4.69, 9.17) is 15.2 Å². The number of rotatable bonds is 7. The van der Waals surface area contributed by atoms with Crippen LogP contribution in [0.2, 0.25) is 0 Å². The summed E-state index contributed by atoms with van der Waals surface area (Å²) in [7, 11) is 3.27. The van der Waals surface area contributed by atoms with Crippen LogP contribution in [0.25, 0.3) is 0 Å². The van der Waals surface area contributed by atoms with Gasteiger partial charge in [-0.1, -0.05) is 13.8 Å². The number of hydrogen-bond donors (Lipinski definition) is 2. The van der Waals surface area contributed by atoms with Crippen molar-refractivity contribution in [3.8, 4) is 11.5 Å². The standard InChI is InChI=1S/C14H24N2O2/c1-10(2)11(8-15)9-16-12-5-6-13(17-3)14(7-12)18-4/h5-7,10-11,16H,8-9,15H2,1-4H3. The maximum atomic E-state index is 5.75.